The lowest BCUT2D eigenvalue weighted by atomic mass is 9.91. The summed E-state index contributed by atoms with van der Waals surface area (Å²) < 4.78 is 11.0. The van der Waals surface area contributed by atoms with E-state index in [4.69, 9.17) is 9.47 Å². The number of nitriles is 1. The summed E-state index contributed by atoms with van der Waals surface area (Å²) in [5.41, 5.74) is 6.37. The lowest BCUT2D eigenvalue weighted by molar-refractivity contribution is -0.139. The number of ether oxygens (including phenoxy) is 2. The highest BCUT2D eigenvalue weighted by molar-refractivity contribution is 5.83. The third-order valence-corrected chi connectivity index (χ3v) is 7.17. The summed E-state index contributed by atoms with van der Waals surface area (Å²) in [6.07, 6.45) is 1.45. The maximum absolute atomic E-state index is 14.0. The van der Waals surface area contributed by atoms with Crippen molar-refractivity contribution >= 4 is 5.91 Å². The minimum Gasteiger partial charge on any atom is -0.493 e. The van der Waals surface area contributed by atoms with Gasteiger partial charge in [-0.2, -0.15) is 5.26 Å². The first-order valence-electron chi connectivity index (χ1n) is 11.9. The van der Waals surface area contributed by atoms with E-state index in [1.54, 1.807) is 14.2 Å². The fraction of sp³-hybridized carbons (Fsp3) is 0.310. The van der Waals surface area contributed by atoms with E-state index < -0.39 is 0 Å². The van der Waals surface area contributed by atoms with Crippen molar-refractivity contribution in [3.8, 4) is 17.6 Å². The summed E-state index contributed by atoms with van der Waals surface area (Å²) in [7, 11) is 3.27. The van der Waals surface area contributed by atoms with E-state index in [1.807, 2.05) is 53.4 Å². The highest BCUT2D eigenvalue weighted by atomic mass is 16.5. The number of hydrogen-bond acceptors (Lipinski definition) is 5. The van der Waals surface area contributed by atoms with Crippen LogP contribution in [0, 0.1) is 11.3 Å². The molecule has 2 heterocycles. The molecule has 0 aliphatic carbocycles. The molecule has 3 aromatic carbocycles. The molecule has 0 fully saturated rings. The normalized spacial score (nSPS) is 17.2. The number of methoxy groups -OCH3 is 2. The Hall–Kier alpha value is -3.82. The predicted octanol–water partition coefficient (Wildman–Crippen LogP) is 4.09. The van der Waals surface area contributed by atoms with E-state index in [1.165, 1.54) is 16.7 Å². The van der Waals surface area contributed by atoms with Crippen LogP contribution in [0.3, 0.4) is 0 Å². The van der Waals surface area contributed by atoms with Gasteiger partial charge in [-0.1, -0.05) is 42.5 Å². The van der Waals surface area contributed by atoms with Gasteiger partial charge < -0.3 is 14.4 Å². The van der Waals surface area contributed by atoms with Crippen molar-refractivity contribution in [2.24, 2.45) is 0 Å². The average molecular weight is 468 g/mol. The molecule has 0 saturated heterocycles. The molecule has 2 aliphatic rings. The van der Waals surface area contributed by atoms with Crippen molar-refractivity contribution in [1.82, 2.24) is 9.80 Å². The van der Waals surface area contributed by atoms with Crippen molar-refractivity contribution in [3.05, 3.63) is 94.0 Å². The molecule has 0 spiro atoms. The highest BCUT2D eigenvalue weighted by Crippen LogP contribution is 2.34. The summed E-state index contributed by atoms with van der Waals surface area (Å²) in [4.78, 5) is 18.2. The topological polar surface area (TPSA) is 65.8 Å². The summed E-state index contributed by atoms with van der Waals surface area (Å²) in [6, 6.07) is 22.0. The van der Waals surface area contributed by atoms with E-state index >= 15 is 0 Å². The fourth-order valence-electron chi connectivity index (χ4n) is 5.25. The number of fused-ring (bicyclic) bond motifs is 2. The zero-order chi connectivity index (χ0) is 24.4. The Labute approximate surface area is 206 Å². The van der Waals surface area contributed by atoms with Gasteiger partial charge in [0.1, 0.15) is 0 Å². The third-order valence-electron chi connectivity index (χ3n) is 7.17. The zero-order valence-electron chi connectivity index (χ0n) is 20.2. The van der Waals surface area contributed by atoms with E-state index in [0.717, 1.165) is 23.3 Å². The smallest absolute Gasteiger partial charge is 0.240 e. The van der Waals surface area contributed by atoms with Gasteiger partial charge in [-0.3, -0.25) is 9.69 Å². The Kier molecular flexibility index (Phi) is 6.43. The Bertz CT molecular complexity index is 1300. The minimum absolute atomic E-state index is 0.134. The molecule has 0 saturated carbocycles. The SMILES string of the molecule is COc1cc2c(cc1OC)CN(C(=O)[C@@H]1Cc3ccccc3CN1Cc1ccccc1C#N)CC2. The van der Waals surface area contributed by atoms with Crippen LogP contribution in [0.2, 0.25) is 0 Å². The van der Waals surface area contributed by atoms with Crippen LogP contribution >= 0.6 is 0 Å². The fourth-order valence-corrected chi connectivity index (χ4v) is 5.25. The van der Waals surface area contributed by atoms with Crippen LogP contribution in [0.4, 0.5) is 0 Å². The first kappa shape index (κ1) is 22.9. The van der Waals surface area contributed by atoms with Crippen molar-refractivity contribution < 1.29 is 14.3 Å². The van der Waals surface area contributed by atoms with Crippen LogP contribution < -0.4 is 9.47 Å². The monoisotopic (exact) mass is 467 g/mol. The van der Waals surface area contributed by atoms with Crippen LogP contribution in [-0.2, 0) is 37.3 Å². The molecule has 1 amide bonds. The van der Waals surface area contributed by atoms with Crippen molar-refractivity contribution in [2.45, 2.75) is 38.5 Å². The summed E-state index contributed by atoms with van der Waals surface area (Å²) >= 11 is 0. The van der Waals surface area contributed by atoms with Gasteiger partial charge in [-0.25, -0.2) is 0 Å². The van der Waals surface area contributed by atoms with Crippen LogP contribution in [0.5, 0.6) is 11.5 Å². The van der Waals surface area contributed by atoms with Gasteiger partial charge in [0.15, 0.2) is 11.5 Å². The van der Waals surface area contributed by atoms with E-state index in [9.17, 15) is 10.1 Å². The lowest BCUT2D eigenvalue weighted by Crippen LogP contribution is -2.52. The molecule has 2 aliphatic heterocycles. The number of hydrogen-bond donors (Lipinski definition) is 0. The van der Waals surface area contributed by atoms with Gasteiger partial charge in [-0.05, 0) is 58.9 Å². The Morgan fingerprint density at radius 3 is 2.37 bits per heavy atom. The predicted molar refractivity (Wildman–Crippen MR) is 133 cm³/mol. The second kappa shape index (κ2) is 9.81. The molecule has 178 valence electrons. The quantitative estimate of drug-likeness (QED) is 0.566. The van der Waals surface area contributed by atoms with Gasteiger partial charge in [0.25, 0.3) is 0 Å². The largest absolute Gasteiger partial charge is 0.493 e. The Morgan fingerprint density at radius 1 is 0.943 bits per heavy atom. The number of carbonyl (C=O) groups excluding carboxylic acids is 1. The maximum Gasteiger partial charge on any atom is 0.240 e. The number of amides is 1. The van der Waals surface area contributed by atoms with Crippen LogP contribution in [0.15, 0.2) is 60.7 Å². The highest BCUT2D eigenvalue weighted by Gasteiger charge is 2.35. The van der Waals surface area contributed by atoms with Crippen LogP contribution in [0.25, 0.3) is 0 Å². The molecule has 6 nitrogen and oxygen atoms in total. The lowest BCUT2D eigenvalue weighted by Gasteiger charge is -2.40. The van der Waals surface area contributed by atoms with Gasteiger partial charge in [0.05, 0.1) is 31.9 Å². The molecule has 0 unspecified atom stereocenters. The van der Waals surface area contributed by atoms with Crippen LogP contribution in [0.1, 0.15) is 33.4 Å². The van der Waals surface area contributed by atoms with Gasteiger partial charge in [0.2, 0.25) is 5.91 Å². The molecule has 0 N–H and O–H groups in total. The number of benzene rings is 3. The van der Waals surface area contributed by atoms with Crippen LogP contribution in [-0.4, -0.2) is 42.5 Å². The Morgan fingerprint density at radius 2 is 1.63 bits per heavy atom. The molecular formula is C29H29N3O3. The minimum atomic E-state index is -0.279. The maximum atomic E-state index is 14.0. The number of nitrogens with zero attached hydrogens (tertiary/aromatic N) is 3. The zero-order valence-corrected chi connectivity index (χ0v) is 20.2. The molecule has 0 aromatic heterocycles. The second-order valence-corrected chi connectivity index (χ2v) is 9.15. The molecule has 35 heavy (non-hydrogen) atoms. The first-order chi connectivity index (χ1) is 17.1. The number of carbonyl (C=O) groups is 1. The third kappa shape index (κ3) is 4.48. The summed E-state index contributed by atoms with van der Waals surface area (Å²) in [6.45, 7) is 2.46. The van der Waals surface area contributed by atoms with Crippen molar-refractivity contribution in [1.29, 1.82) is 5.26 Å². The van der Waals surface area contributed by atoms with E-state index in [2.05, 4.69) is 23.1 Å². The standard InChI is InChI=1S/C29H29N3O3/c1-34-27-14-21-11-12-31(19-25(21)15-28(27)35-2)29(33)26-13-20-7-3-5-9-23(20)17-32(26)18-24-10-6-4-8-22(24)16-30/h3-10,14-15,26H,11-13,17-19H2,1-2H3/t26-/m0/s1. The van der Waals surface area contributed by atoms with Gasteiger partial charge in [-0.15, -0.1) is 0 Å². The molecular weight excluding hydrogens is 438 g/mol. The van der Waals surface area contributed by atoms with Crippen molar-refractivity contribution in [2.75, 3.05) is 20.8 Å². The molecule has 6 heteroatoms. The van der Waals surface area contributed by atoms with E-state index in [0.29, 0.717) is 43.9 Å². The average Bonchev–Trinajstić information content (AvgIpc) is 2.91. The molecule has 5 rings (SSSR count). The first-order valence-corrected chi connectivity index (χ1v) is 11.9. The second-order valence-electron chi connectivity index (χ2n) is 9.15. The summed E-state index contributed by atoms with van der Waals surface area (Å²) in [5.74, 6) is 1.54. The van der Waals surface area contributed by atoms with Gasteiger partial charge >= 0.3 is 0 Å². The van der Waals surface area contributed by atoms with E-state index in [-0.39, 0.29) is 11.9 Å². The number of rotatable bonds is 5. The molecule has 0 radical (unpaired) electrons. The van der Waals surface area contributed by atoms with Gasteiger partial charge in [0, 0.05) is 26.2 Å². The van der Waals surface area contributed by atoms with Crippen molar-refractivity contribution in [3.63, 3.8) is 0 Å². The summed E-state index contributed by atoms with van der Waals surface area (Å²) in [5, 5.41) is 9.59. The molecule has 0 bridgehead atoms. The Balaban J connectivity index is 1.43. The molecule has 3 aromatic rings. The molecule has 1 atom stereocenters.